The fourth-order valence-electron chi connectivity index (χ4n) is 1.94. The van der Waals surface area contributed by atoms with E-state index in [2.05, 4.69) is 20.7 Å². The minimum absolute atomic E-state index is 0.312. The van der Waals surface area contributed by atoms with Gasteiger partial charge in [-0.1, -0.05) is 36.4 Å². The van der Waals surface area contributed by atoms with Gasteiger partial charge in [0.15, 0.2) is 0 Å². The highest BCUT2D eigenvalue weighted by Crippen LogP contribution is 2.18. The number of tetrazole rings is 1. The maximum atomic E-state index is 13.5. The first-order valence-corrected chi connectivity index (χ1v) is 6.70. The first kappa shape index (κ1) is 14.8. The Morgan fingerprint density at radius 1 is 1.04 bits per heavy atom. The Kier molecular flexibility index (Phi) is 4.05. The maximum absolute atomic E-state index is 13.5. The number of hydrogen-bond acceptors (Lipinski definition) is 4. The molecule has 0 saturated carbocycles. The standard InChI is InChI=1S/C15H11F2N5O/c16-11-7-4-8-12(17)14(11)18-13(23)9-22-20-15(19-21-22)10-5-2-1-3-6-10/h1-8H,9H2,(H,18,23). The summed E-state index contributed by atoms with van der Waals surface area (Å²) in [6.07, 6.45) is 0. The summed E-state index contributed by atoms with van der Waals surface area (Å²) in [5, 5.41) is 13.8. The molecule has 0 radical (unpaired) electrons. The number of anilines is 1. The highest BCUT2D eigenvalue weighted by Gasteiger charge is 2.14. The summed E-state index contributed by atoms with van der Waals surface area (Å²) in [5.74, 6) is -2.01. The molecule has 0 aliphatic rings. The van der Waals surface area contributed by atoms with Crippen molar-refractivity contribution in [3.63, 3.8) is 0 Å². The van der Waals surface area contributed by atoms with E-state index in [1.807, 2.05) is 18.2 Å². The van der Waals surface area contributed by atoms with Gasteiger partial charge in [-0.05, 0) is 17.3 Å². The Balaban J connectivity index is 1.70. The lowest BCUT2D eigenvalue weighted by Crippen LogP contribution is -2.21. The zero-order valence-electron chi connectivity index (χ0n) is 11.8. The lowest BCUT2D eigenvalue weighted by molar-refractivity contribution is -0.117. The van der Waals surface area contributed by atoms with Crippen molar-refractivity contribution in [3.05, 3.63) is 60.2 Å². The minimum atomic E-state index is -0.852. The lowest BCUT2D eigenvalue weighted by Gasteiger charge is -2.06. The fourth-order valence-corrected chi connectivity index (χ4v) is 1.94. The number of nitrogens with one attached hydrogen (secondary N) is 1. The molecule has 1 heterocycles. The molecule has 0 spiro atoms. The average molecular weight is 315 g/mol. The van der Waals surface area contributed by atoms with Gasteiger partial charge in [0.05, 0.1) is 0 Å². The second-order valence-corrected chi connectivity index (χ2v) is 4.65. The quantitative estimate of drug-likeness (QED) is 0.801. The zero-order chi connectivity index (χ0) is 16.2. The highest BCUT2D eigenvalue weighted by molar-refractivity contribution is 5.90. The molecule has 0 saturated heterocycles. The molecule has 2 aromatic carbocycles. The third-order valence-electron chi connectivity index (χ3n) is 3.00. The van der Waals surface area contributed by atoms with Gasteiger partial charge in [-0.15, -0.1) is 10.2 Å². The topological polar surface area (TPSA) is 72.7 Å². The molecule has 0 aliphatic heterocycles. The van der Waals surface area contributed by atoms with Crippen LogP contribution in [0.2, 0.25) is 0 Å². The number of carbonyl (C=O) groups is 1. The van der Waals surface area contributed by atoms with E-state index in [1.54, 1.807) is 12.1 Å². The molecule has 1 amide bonds. The Bertz CT molecular complexity index is 815. The van der Waals surface area contributed by atoms with Gasteiger partial charge >= 0.3 is 0 Å². The van der Waals surface area contributed by atoms with Gasteiger partial charge in [0.1, 0.15) is 23.9 Å². The third-order valence-corrected chi connectivity index (χ3v) is 3.00. The summed E-state index contributed by atoms with van der Waals surface area (Å²) in [7, 11) is 0. The molecule has 0 atom stereocenters. The molecule has 3 rings (SSSR count). The maximum Gasteiger partial charge on any atom is 0.248 e. The minimum Gasteiger partial charge on any atom is -0.319 e. The van der Waals surface area contributed by atoms with Gasteiger partial charge in [0.2, 0.25) is 11.7 Å². The van der Waals surface area contributed by atoms with Crippen molar-refractivity contribution in [3.8, 4) is 11.4 Å². The number of nitrogens with zero attached hydrogens (tertiary/aromatic N) is 4. The number of hydrogen-bond donors (Lipinski definition) is 1. The molecule has 1 aromatic heterocycles. The highest BCUT2D eigenvalue weighted by atomic mass is 19.1. The van der Waals surface area contributed by atoms with Crippen LogP contribution in [-0.4, -0.2) is 26.1 Å². The van der Waals surface area contributed by atoms with Crippen molar-refractivity contribution in [1.29, 1.82) is 0 Å². The Morgan fingerprint density at radius 3 is 2.43 bits per heavy atom. The molecule has 0 unspecified atom stereocenters. The van der Waals surface area contributed by atoms with Crippen molar-refractivity contribution < 1.29 is 13.6 Å². The summed E-state index contributed by atoms with van der Waals surface area (Å²) < 4.78 is 26.9. The molecule has 23 heavy (non-hydrogen) atoms. The predicted molar refractivity (Wildman–Crippen MR) is 78.2 cm³/mol. The van der Waals surface area contributed by atoms with Gasteiger partial charge in [0, 0.05) is 5.56 Å². The molecule has 0 bridgehead atoms. The first-order valence-electron chi connectivity index (χ1n) is 6.70. The van der Waals surface area contributed by atoms with E-state index in [4.69, 9.17) is 0 Å². The van der Waals surface area contributed by atoms with Crippen LogP contribution < -0.4 is 5.32 Å². The second-order valence-electron chi connectivity index (χ2n) is 4.65. The first-order chi connectivity index (χ1) is 11.1. The molecule has 1 N–H and O–H groups in total. The van der Waals surface area contributed by atoms with Gasteiger partial charge in [-0.3, -0.25) is 4.79 Å². The Labute approximate surface area is 129 Å². The normalized spacial score (nSPS) is 10.5. The van der Waals surface area contributed by atoms with E-state index in [1.165, 1.54) is 6.07 Å². The summed E-state index contributed by atoms with van der Waals surface area (Å²) in [5.41, 5.74) is 0.250. The van der Waals surface area contributed by atoms with Crippen LogP contribution in [0.25, 0.3) is 11.4 Å². The van der Waals surface area contributed by atoms with Crippen LogP contribution in [-0.2, 0) is 11.3 Å². The summed E-state index contributed by atoms with van der Waals surface area (Å²) in [6, 6.07) is 12.4. The molecule has 3 aromatic rings. The van der Waals surface area contributed by atoms with E-state index in [-0.39, 0.29) is 6.54 Å². The number of carbonyl (C=O) groups excluding carboxylic acids is 1. The van der Waals surface area contributed by atoms with Crippen molar-refractivity contribution in [1.82, 2.24) is 20.2 Å². The van der Waals surface area contributed by atoms with Crippen LogP contribution in [0.1, 0.15) is 0 Å². The Hall–Kier alpha value is -3.16. The number of halogens is 2. The van der Waals surface area contributed by atoms with Crippen molar-refractivity contribution in [2.24, 2.45) is 0 Å². The molecule has 6 nitrogen and oxygen atoms in total. The van der Waals surface area contributed by atoms with Gasteiger partial charge in [0.25, 0.3) is 0 Å². The third kappa shape index (κ3) is 3.37. The van der Waals surface area contributed by atoms with Crippen LogP contribution in [0.3, 0.4) is 0 Å². The largest absolute Gasteiger partial charge is 0.319 e. The van der Waals surface area contributed by atoms with E-state index in [0.29, 0.717) is 5.82 Å². The fraction of sp³-hybridized carbons (Fsp3) is 0.0667. The molecular weight excluding hydrogens is 304 g/mol. The van der Waals surface area contributed by atoms with E-state index < -0.39 is 23.2 Å². The van der Waals surface area contributed by atoms with Crippen LogP contribution >= 0.6 is 0 Å². The molecule has 8 heteroatoms. The van der Waals surface area contributed by atoms with E-state index in [0.717, 1.165) is 22.5 Å². The summed E-state index contributed by atoms with van der Waals surface area (Å²) >= 11 is 0. The number of rotatable bonds is 4. The van der Waals surface area contributed by atoms with Crippen LogP contribution in [0.4, 0.5) is 14.5 Å². The monoisotopic (exact) mass is 315 g/mol. The molecular formula is C15H11F2N5O. The Morgan fingerprint density at radius 2 is 1.74 bits per heavy atom. The number of benzene rings is 2. The SMILES string of the molecule is O=C(Cn1nnc(-c2ccccc2)n1)Nc1c(F)cccc1F. The van der Waals surface area contributed by atoms with Crippen molar-refractivity contribution >= 4 is 11.6 Å². The summed E-state index contributed by atoms with van der Waals surface area (Å²) in [4.78, 5) is 12.9. The molecule has 0 aliphatic carbocycles. The van der Waals surface area contributed by atoms with Gasteiger partial charge in [-0.25, -0.2) is 8.78 Å². The van der Waals surface area contributed by atoms with Crippen LogP contribution in [0.15, 0.2) is 48.5 Å². The van der Waals surface area contributed by atoms with Crippen LogP contribution in [0.5, 0.6) is 0 Å². The molecule has 0 fully saturated rings. The number of para-hydroxylation sites is 1. The molecule has 116 valence electrons. The number of aromatic nitrogens is 4. The smallest absolute Gasteiger partial charge is 0.248 e. The van der Waals surface area contributed by atoms with Crippen LogP contribution in [0, 0.1) is 11.6 Å². The van der Waals surface area contributed by atoms with E-state index in [9.17, 15) is 13.6 Å². The van der Waals surface area contributed by atoms with E-state index >= 15 is 0 Å². The van der Waals surface area contributed by atoms with Gasteiger partial charge < -0.3 is 5.32 Å². The van der Waals surface area contributed by atoms with Gasteiger partial charge in [-0.2, -0.15) is 4.80 Å². The number of amides is 1. The zero-order valence-corrected chi connectivity index (χ0v) is 11.8. The van der Waals surface area contributed by atoms with Crippen molar-refractivity contribution in [2.75, 3.05) is 5.32 Å². The lowest BCUT2D eigenvalue weighted by atomic mass is 10.2. The predicted octanol–water partition coefficient (Wildman–Crippen LogP) is 2.26. The average Bonchev–Trinajstić information content (AvgIpc) is 3.00. The summed E-state index contributed by atoms with van der Waals surface area (Å²) in [6.45, 7) is -0.312. The van der Waals surface area contributed by atoms with Crippen molar-refractivity contribution in [2.45, 2.75) is 6.54 Å². The second kappa shape index (κ2) is 6.30.